The Hall–Kier alpha value is -3.07. The summed E-state index contributed by atoms with van der Waals surface area (Å²) in [5, 5.41) is 24.1. The van der Waals surface area contributed by atoms with Gasteiger partial charge in [0, 0.05) is 0 Å². The molecule has 0 atom stereocenters. The molecule has 0 unspecified atom stereocenters. The molecule has 0 saturated carbocycles. The molecule has 9 heteroatoms. The molecule has 0 spiro atoms. The van der Waals surface area contributed by atoms with E-state index in [1.807, 2.05) is 6.92 Å². The van der Waals surface area contributed by atoms with Crippen molar-refractivity contribution < 1.29 is 9.50 Å². The number of nitrogens with two attached hydrogens (primary N) is 1. The van der Waals surface area contributed by atoms with E-state index in [2.05, 4.69) is 20.3 Å². The van der Waals surface area contributed by atoms with Crippen molar-refractivity contribution in [1.29, 1.82) is 0 Å². The standard InChI is InChI=1S/C15H11FN6OS/c1-7-11(8-2-4-9(16)5-3-8)14-20-19-12(13(17)22(14)21-7)15-18-10(23)6-24-15/h2-6,23H,17H2,1H3. The Bertz CT molecular complexity index is 1060. The van der Waals surface area contributed by atoms with Crippen LogP contribution in [0.4, 0.5) is 10.2 Å². The summed E-state index contributed by atoms with van der Waals surface area (Å²) >= 11 is 1.21. The van der Waals surface area contributed by atoms with Crippen molar-refractivity contribution in [1.82, 2.24) is 24.8 Å². The minimum atomic E-state index is -0.315. The molecule has 120 valence electrons. The predicted octanol–water partition coefficient (Wildman–Crippen LogP) is 2.65. The maximum absolute atomic E-state index is 13.2. The molecule has 7 nitrogen and oxygen atoms in total. The Balaban J connectivity index is 1.94. The number of aromatic nitrogens is 5. The summed E-state index contributed by atoms with van der Waals surface area (Å²) in [6.45, 7) is 1.82. The van der Waals surface area contributed by atoms with Crippen molar-refractivity contribution in [2.24, 2.45) is 0 Å². The molecule has 0 aliphatic rings. The second-order valence-corrected chi connectivity index (χ2v) is 6.01. The van der Waals surface area contributed by atoms with Crippen LogP contribution in [-0.2, 0) is 0 Å². The van der Waals surface area contributed by atoms with Crippen molar-refractivity contribution in [2.75, 3.05) is 5.73 Å². The lowest BCUT2D eigenvalue weighted by Crippen LogP contribution is -2.05. The molecule has 4 aromatic rings. The largest absolute Gasteiger partial charge is 0.493 e. The maximum Gasteiger partial charge on any atom is 0.222 e. The average Bonchev–Trinajstić information content (AvgIpc) is 3.12. The van der Waals surface area contributed by atoms with Crippen LogP contribution in [0.2, 0.25) is 0 Å². The Kier molecular flexibility index (Phi) is 3.17. The van der Waals surface area contributed by atoms with E-state index in [1.165, 1.54) is 33.4 Å². The molecule has 0 aliphatic heterocycles. The minimum Gasteiger partial charge on any atom is -0.493 e. The highest BCUT2D eigenvalue weighted by molar-refractivity contribution is 7.13. The summed E-state index contributed by atoms with van der Waals surface area (Å²) < 4.78 is 14.6. The molecule has 4 rings (SSSR count). The quantitative estimate of drug-likeness (QED) is 0.580. The highest BCUT2D eigenvalue weighted by Gasteiger charge is 2.19. The molecule has 24 heavy (non-hydrogen) atoms. The van der Waals surface area contributed by atoms with Gasteiger partial charge >= 0.3 is 0 Å². The highest BCUT2D eigenvalue weighted by Crippen LogP contribution is 2.32. The fraction of sp³-hybridized carbons (Fsp3) is 0.0667. The number of aromatic hydroxyl groups is 1. The zero-order valence-electron chi connectivity index (χ0n) is 12.4. The van der Waals surface area contributed by atoms with Crippen molar-refractivity contribution >= 4 is 22.8 Å². The molecule has 3 heterocycles. The number of anilines is 1. The molecular weight excluding hydrogens is 331 g/mol. The first kappa shape index (κ1) is 14.5. The van der Waals surface area contributed by atoms with Gasteiger partial charge in [-0.1, -0.05) is 12.1 Å². The van der Waals surface area contributed by atoms with Crippen molar-refractivity contribution in [3.05, 3.63) is 41.2 Å². The van der Waals surface area contributed by atoms with E-state index in [1.54, 1.807) is 12.1 Å². The van der Waals surface area contributed by atoms with Gasteiger partial charge in [0.25, 0.3) is 0 Å². The number of thiazole rings is 1. The average molecular weight is 342 g/mol. The van der Waals surface area contributed by atoms with Crippen LogP contribution < -0.4 is 5.73 Å². The third-order valence-electron chi connectivity index (χ3n) is 3.58. The van der Waals surface area contributed by atoms with E-state index in [0.717, 1.165) is 11.1 Å². The zero-order valence-corrected chi connectivity index (χ0v) is 13.3. The first-order chi connectivity index (χ1) is 11.5. The van der Waals surface area contributed by atoms with E-state index < -0.39 is 0 Å². The summed E-state index contributed by atoms with van der Waals surface area (Å²) in [7, 11) is 0. The molecule has 3 aromatic heterocycles. The monoisotopic (exact) mass is 342 g/mol. The highest BCUT2D eigenvalue weighted by atomic mass is 32.1. The van der Waals surface area contributed by atoms with Gasteiger partial charge in [0.2, 0.25) is 5.88 Å². The Morgan fingerprint density at radius 2 is 1.96 bits per heavy atom. The molecule has 0 radical (unpaired) electrons. The van der Waals surface area contributed by atoms with Gasteiger partial charge in [0.05, 0.1) is 16.6 Å². The normalized spacial score (nSPS) is 11.2. The molecule has 0 bridgehead atoms. The van der Waals surface area contributed by atoms with E-state index in [0.29, 0.717) is 22.0 Å². The van der Waals surface area contributed by atoms with Gasteiger partial charge in [-0.3, -0.25) is 0 Å². The van der Waals surface area contributed by atoms with Gasteiger partial charge in [0.15, 0.2) is 22.2 Å². The number of aryl methyl sites for hydroxylation is 1. The molecule has 0 fully saturated rings. The second kappa shape index (κ2) is 5.24. The maximum atomic E-state index is 13.2. The van der Waals surface area contributed by atoms with Crippen LogP contribution in [0.5, 0.6) is 5.88 Å². The van der Waals surface area contributed by atoms with Crippen molar-refractivity contribution in [2.45, 2.75) is 6.92 Å². The number of nitrogens with zero attached hydrogens (tertiary/aromatic N) is 5. The second-order valence-electron chi connectivity index (χ2n) is 5.15. The van der Waals surface area contributed by atoms with Crippen LogP contribution in [0.3, 0.4) is 0 Å². The first-order valence-electron chi connectivity index (χ1n) is 6.97. The SMILES string of the molecule is Cc1nn2c(N)c(-c3nc(O)cs3)nnc2c1-c1ccc(F)cc1. The van der Waals surface area contributed by atoms with Gasteiger partial charge in [-0.05, 0) is 24.6 Å². The summed E-state index contributed by atoms with van der Waals surface area (Å²) in [4.78, 5) is 3.95. The van der Waals surface area contributed by atoms with Crippen LogP contribution in [0.1, 0.15) is 5.69 Å². The van der Waals surface area contributed by atoms with E-state index >= 15 is 0 Å². The number of nitrogen functional groups attached to an aromatic ring is 1. The molecule has 0 amide bonds. The molecule has 3 N–H and O–H groups in total. The first-order valence-corrected chi connectivity index (χ1v) is 7.85. The topological polar surface area (TPSA) is 102 Å². The zero-order chi connectivity index (χ0) is 16.8. The lowest BCUT2D eigenvalue weighted by atomic mass is 10.1. The Morgan fingerprint density at radius 3 is 2.62 bits per heavy atom. The van der Waals surface area contributed by atoms with Gasteiger partial charge in [-0.25, -0.2) is 4.39 Å². The number of rotatable bonds is 2. The van der Waals surface area contributed by atoms with E-state index in [4.69, 9.17) is 5.73 Å². The van der Waals surface area contributed by atoms with Gasteiger partial charge in [-0.2, -0.15) is 14.6 Å². The third-order valence-corrected chi connectivity index (χ3v) is 4.42. The molecule has 0 aliphatic carbocycles. The molecule has 0 saturated heterocycles. The summed E-state index contributed by atoms with van der Waals surface area (Å²) in [5.41, 5.74) is 9.20. The number of hydrogen-bond donors (Lipinski definition) is 2. The van der Waals surface area contributed by atoms with Gasteiger partial charge in [-0.15, -0.1) is 21.5 Å². The fourth-order valence-electron chi connectivity index (χ4n) is 2.51. The molecule has 1 aromatic carbocycles. The minimum absolute atomic E-state index is 0.0973. The Morgan fingerprint density at radius 1 is 1.21 bits per heavy atom. The van der Waals surface area contributed by atoms with Crippen LogP contribution >= 0.6 is 11.3 Å². The Labute approximate surface area is 139 Å². The third kappa shape index (κ3) is 2.17. The van der Waals surface area contributed by atoms with Crippen molar-refractivity contribution in [3.63, 3.8) is 0 Å². The number of benzene rings is 1. The van der Waals surface area contributed by atoms with E-state index in [9.17, 15) is 9.50 Å². The van der Waals surface area contributed by atoms with Crippen LogP contribution in [0, 0.1) is 12.7 Å². The lowest BCUT2D eigenvalue weighted by molar-refractivity contribution is 0.458. The predicted molar refractivity (Wildman–Crippen MR) is 88.1 cm³/mol. The van der Waals surface area contributed by atoms with Crippen LogP contribution in [-0.4, -0.2) is 29.9 Å². The van der Waals surface area contributed by atoms with Gasteiger partial charge < -0.3 is 10.8 Å². The van der Waals surface area contributed by atoms with Crippen LogP contribution in [0.25, 0.3) is 27.5 Å². The molecular formula is C15H11FN6OS. The fourth-order valence-corrected chi connectivity index (χ4v) is 3.18. The van der Waals surface area contributed by atoms with Crippen molar-refractivity contribution in [3.8, 4) is 27.7 Å². The van der Waals surface area contributed by atoms with Gasteiger partial charge in [0.1, 0.15) is 5.82 Å². The summed E-state index contributed by atoms with van der Waals surface area (Å²) in [5.74, 6) is -0.143. The summed E-state index contributed by atoms with van der Waals surface area (Å²) in [6.07, 6.45) is 0. The lowest BCUT2D eigenvalue weighted by Gasteiger charge is -2.04. The smallest absolute Gasteiger partial charge is 0.222 e. The number of halogens is 1. The van der Waals surface area contributed by atoms with E-state index in [-0.39, 0.29) is 17.5 Å². The summed E-state index contributed by atoms with van der Waals surface area (Å²) in [6, 6.07) is 6.07. The van der Waals surface area contributed by atoms with Crippen LogP contribution in [0.15, 0.2) is 29.6 Å². The number of fused-ring (bicyclic) bond motifs is 1. The number of hydrogen-bond acceptors (Lipinski definition) is 7.